The summed E-state index contributed by atoms with van der Waals surface area (Å²) in [4.78, 5) is 4.85. The lowest BCUT2D eigenvalue weighted by Crippen LogP contribution is -2.30. The summed E-state index contributed by atoms with van der Waals surface area (Å²) < 4.78 is 16.4. The minimum Gasteiger partial charge on any atom is -0.493 e. The van der Waals surface area contributed by atoms with Gasteiger partial charge in [-0.25, -0.2) is 0 Å². The molecule has 0 spiro atoms. The van der Waals surface area contributed by atoms with Gasteiger partial charge in [-0.05, 0) is 52.5 Å². The highest BCUT2D eigenvalue weighted by Gasteiger charge is 2.21. The molecule has 5 nitrogen and oxygen atoms in total. The number of nitrogens with zero attached hydrogens (tertiary/aromatic N) is 2. The van der Waals surface area contributed by atoms with Gasteiger partial charge in [-0.1, -0.05) is 6.07 Å². The second kappa shape index (κ2) is 8.41. The van der Waals surface area contributed by atoms with E-state index in [1.54, 1.807) is 21.3 Å². The van der Waals surface area contributed by atoms with Crippen LogP contribution in [0.1, 0.15) is 24.8 Å². The van der Waals surface area contributed by atoms with Gasteiger partial charge in [0.25, 0.3) is 0 Å². The van der Waals surface area contributed by atoms with Crippen LogP contribution in [0.2, 0.25) is 0 Å². The molecule has 2 rings (SSSR count). The summed E-state index contributed by atoms with van der Waals surface area (Å²) in [6.45, 7) is 3.12. The Morgan fingerprint density at radius 3 is 2.35 bits per heavy atom. The maximum Gasteiger partial charge on any atom is 0.203 e. The van der Waals surface area contributed by atoms with Gasteiger partial charge in [0.2, 0.25) is 5.75 Å². The molecular formula is C18H30N2O3. The van der Waals surface area contributed by atoms with Crippen LogP contribution in [-0.2, 0) is 6.54 Å². The van der Waals surface area contributed by atoms with E-state index < -0.39 is 0 Å². The minimum atomic E-state index is 0.675. The Kier molecular flexibility index (Phi) is 6.54. The Bertz CT molecular complexity index is 505. The van der Waals surface area contributed by atoms with Crippen LogP contribution in [-0.4, -0.2) is 64.4 Å². The van der Waals surface area contributed by atoms with Crippen molar-refractivity contribution < 1.29 is 14.2 Å². The summed E-state index contributed by atoms with van der Waals surface area (Å²) >= 11 is 0. The van der Waals surface area contributed by atoms with Crippen LogP contribution in [0.5, 0.6) is 17.2 Å². The Labute approximate surface area is 140 Å². The fraction of sp³-hybridized carbons (Fsp3) is 0.667. The van der Waals surface area contributed by atoms with Gasteiger partial charge in [-0.2, -0.15) is 0 Å². The first kappa shape index (κ1) is 17.9. The third-order valence-corrected chi connectivity index (χ3v) is 4.70. The predicted molar refractivity (Wildman–Crippen MR) is 92.7 cm³/mol. The Morgan fingerprint density at radius 1 is 1.00 bits per heavy atom. The van der Waals surface area contributed by atoms with Crippen LogP contribution in [0.4, 0.5) is 0 Å². The lowest BCUT2D eigenvalue weighted by atomic mass is 10.1. The van der Waals surface area contributed by atoms with Crippen molar-refractivity contribution in [1.82, 2.24) is 9.80 Å². The number of hydrogen-bond acceptors (Lipinski definition) is 5. The van der Waals surface area contributed by atoms with Crippen molar-refractivity contribution in [1.29, 1.82) is 0 Å². The van der Waals surface area contributed by atoms with Gasteiger partial charge in [-0.15, -0.1) is 0 Å². The molecule has 0 amide bonds. The highest BCUT2D eigenvalue weighted by atomic mass is 16.5. The van der Waals surface area contributed by atoms with Crippen LogP contribution in [0.15, 0.2) is 12.1 Å². The number of methoxy groups -OCH3 is 3. The monoisotopic (exact) mass is 322 g/mol. The van der Waals surface area contributed by atoms with Crippen LogP contribution in [0, 0.1) is 0 Å². The third kappa shape index (κ3) is 4.30. The maximum atomic E-state index is 5.60. The molecule has 0 N–H and O–H groups in total. The number of rotatable bonds is 6. The van der Waals surface area contributed by atoms with E-state index in [0.717, 1.165) is 30.9 Å². The molecule has 0 bridgehead atoms. The molecule has 1 aromatic rings. The van der Waals surface area contributed by atoms with Gasteiger partial charge in [0.05, 0.1) is 21.3 Å². The average molecular weight is 322 g/mol. The zero-order valence-electron chi connectivity index (χ0n) is 15.1. The quantitative estimate of drug-likeness (QED) is 0.804. The average Bonchev–Trinajstić information content (AvgIpc) is 2.79. The molecule has 23 heavy (non-hydrogen) atoms. The molecule has 0 aliphatic carbocycles. The molecule has 0 unspecified atom stereocenters. The van der Waals surface area contributed by atoms with Gasteiger partial charge >= 0.3 is 0 Å². The summed E-state index contributed by atoms with van der Waals surface area (Å²) in [5.41, 5.74) is 1.15. The van der Waals surface area contributed by atoms with Gasteiger partial charge < -0.3 is 19.1 Å². The van der Waals surface area contributed by atoms with Gasteiger partial charge in [0, 0.05) is 18.2 Å². The molecule has 5 heteroatoms. The van der Waals surface area contributed by atoms with Crippen molar-refractivity contribution in [2.45, 2.75) is 31.8 Å². The summed E-state index contributed by atoms with van der Waals surface area (Å²) in [6.07, 6.45) is 3.72. The van der Waals surface area contributed by atoms with Crippen LogP contribution in [0.25, 0.3) is 0 Å². The number of hydrogen-bond donors (Lipinski definition) is 0. The van der Waals surface area contributed by atoms with E-state index in [-0.39, 0.29) is 0 Å². The van der Waals surface area contributed by atoms with Crippen molar-refractivity contribution in [2.75, 3.05) is 48.5 Å². The number of likely N-dealkylation sites (tertiary alicyclic amines) is 1. The third-order valence-electron chi connectivity index (χ3n) is 4.70. The molecular weight excluding hydrogens is 292 g/mol. The van der Waals surface area contributed by atoms with E-state index in [1.807, 2.05) is 6.07 Å². The second-order valence-corrected chi connectivity index (χ2v) is 6.32. The van der Waals surface area contributed by atoms with Crippen molar-refractivity contribution in [3.8, 4) is 17.2 Å². The molecule has 0 radical (unpaired) electrons. The largest absolute Gasteiger partial charge is 0.493 e. The summed E-state index contributed by atoms with van der Waals surface area (Å²) in [7, 11) is 9.34. The first-order valence-corrected chi connectivity index (χ1v) is 8.27. The van der Waals surface area contributed by atoms with E-state index >= 15 is 0 Å². The zero-order valence-corrected chi connectivity index (χ0v) is 15.1. The predicted octanol–water partition coefficient (Wildman–Crippen LogP) is 2.63. The maximum absolute atomic E-state index is 5.60. The number of benzene rings is 1. The topological polar surface area (TPSA) is 34.2 Å². The zero-order chi connectivity index (χ0) is 16.8. The van der Waals surface area contributed by atoms with Gasteiger partial charge in [0.15, 0.2) is 11.5 Å². The Balaban J connectivity index is 2.13. The Morgan fingerprint density at radius 2 is 1.74 bits per heavy atom. The number of ether oxygens (including phenoxy) is 3. The molecule has 1 aliphatic heterocycles. The molecule has 1 atom stereocenters. The lowest BCUT2D eigenvalue weighted by molar-refractivity contribution is 0.242. The molecule has 0 saturated carbocycles. The van der Waals surface area contributed by atoms with E-state index in [0.29, 0.717) is 17.5 Å². The van der Waals surface area contributed by atoms with Crippen LogP contribution in [0.3, 0.4) is 0 Å². The van der Waals surface area contributed by atoms with Crippen LogP contribution < -0.4 is 14.2 Å². The fourth-order valence-corrected chi connectivity index (χ4v) is 3.34. The van der Waals surface area contributed by atoms with Gasteiger partial charge in [0.1, 0.15) is 0 Å². The van der Waals surface area contributed by atoms with E-state index in [1.165, 1.54) is 19.3 Å². The van der Waals surface area contributed by atoms with Crippen LogP contribution >= 0.6 is 0 Å². The highest BCUT2D eigenvalue weighted by Crippen LogP contribution is 2.40. The molecule has 1 aromatic carbocycles. The Hall–Kier alpha value is -1.46. The smallest absolute Gasteiger partial charge is 0.203 e. The SMILES string of the molecule is COc1ccc(CN2CCC[C@H](N(C)C)CC2)c(OC)c1OC. The van der Waals surface area contributed by atoms with E-state index in [4.69, 9.17) is 14.2 Å². The molecule has 130 valence electrons. The lowest BCUT2D eigenvalue weighted by Gasteiger charge is -2.24. The van der Waals surface area contributed by atoms with Crippen molar-refractivity contribution in [3.63, 3.8) is 0 Å². The fourth-order valence-electron chi connectivity index (χ4n) is 3.34. The first-order chi connectivity index (χ1) is 11.1. The molecule has 1 heterocycles. The molecule has 1 fully saturated rings. The molecule has 1 saturated heterocycles. The normalized spacial score (nSPS) is 19.5. The second-order valence-electron chi connectivity index (χ2n) is 6.32. The summed E-state index contributed by atoms with van der Waals surface area (Å²) in [6, 6.07) is 4.72. The highest BCUT2D eigenvalue weighted by molar-refractivity contribution is 5.55. The summed E-state index contributed by atoms with van der Waals surface area (Å²) in [5, 5.41) is 0. The van der Waals surface area contributed by atoms with Crippen molar-refractivity contribution >= 4 is 0 Å². The standard InChI is InChI=1S/C18H30N2O3/c1-19(2)15-7-6-11-20(12-10-15)13-14-8-9-16(21-3)18(23-5)17(14)22-4/h8-9,15H,6-7,10-13H2,1-5H3/t15-/m0/s1. The molecule has 0 aromatic heterocycles. The first-order valence-electron chi connectivity index (χ1n) is 8.27. The van der Waals surface area contributed by atoms with E-state index in [2.05, 4.69) is 30.0 Å². The van der Waals surface area contributed by atoms with Gasteiger partial charge in [-0.3, -0.25) is 4.90 Å². The molecule has 1 aliphatic rings. The van der Waals surface area contributed by atoms with E-state index in [9.17, 15) is 0 Å². The van der Waals surface area contributed by atoms with Crippen molar-refractivity contribution in [2.24, 2.45) is 0 Å². The minimum absolute atomic E-state index is 0.675. The summed E-state index contributed by atoms with van der Waals surface area (Å²) in [5.74, 6) is 2.16. The van der Waals surface area contributed by atoms with Crippen molar-refractivity contribution in [3.05, 3.63) is 17.7 Å².